The lowest BCUT2D eigenvalue weighted by atomic mass is 10.1. The van der Waals surface area contributed by atoms with E-state index in [-0.39, 0.29) is 24.8 Å². The Morgan fingerprint density at radius 3 is 0.909 bits per heavy atom. The van der Waals surface area contributed by atoms with E-state index in [2.05, 4.69) is 0 Å². The number of ether oxygens (including phenoxy) is 10. The molecule has 0 atom stereocenters. The van der Waals surface area contributed by atoms with Crippen molar-refractivity contribution in [3.63, 3.8) is 0 Å². The van der Waals surface area contributed by atoms with Crippen LogP contribution in [-0.2, 0) is 28.4 Å². The first-order chi connectivity index (χ1) is 21.5. The molecule has 0 saturated heterocycles. The summed E-state index contributed by atoms with van der Waals surface area (Å²) in [4.78, 5) is 23.7. The highest BCUT2D eigenvalue weighted by molar-refractivity contribution is 5.95. The van der Waals surface area contributed by atoms with Gasteiger partial charge in [-0.05, 0) is 50.2 Å². The van der Waals surface area contributed by atoms with Gasteiger partial charge in [-0.25, -0.2) is 0 Å². The van der Waals surface area contributed by atoms with E-state index in [1.165, 1.54) is 13.8 Å². The van der Waals surface area contributed by atoms with Gasteiger partial charge < -0.3 is 47.4 Å². The van der Waals surface area contributed by atoms with E-state index in [9.17, 15) is 9.59 Å². The van der Waals surface area contributed by atoms with Gasteiger partial charge in [0.05, 0.1) is 79.3 Å². The van der Waals surface area contributed by atoms with Crippen LogP contribution in [0.3, 0.4) is 0 Å². The van der Waals surface area contributed by atoms with Crippen molar-refractivity contribution in [3.8, 4) is 23.0 Å². The highest BCUT2D eigenvalue weighted by atomic mass is 16.6. The van der Waals surface area contributed by atoms with E-state index in [0.717, 1.165) is 0 Å². The Hall–Kier alpha value is -3.26. The van der Waals surface area contributed by atoms with Crippen LogP contribution in [0.4, 0.5) is 0 Å². The van der Waals surface area contributed by atoms with Crippen LogP contribution >= 0.6 is 0 Å². The maximum absolute atomic E-state index is 11.8. The third-order valence-electron chi connectivity index (χ3n) is 6.13. The summed E-state index contributed by atoms with van der Waals surface area (Å²) in [6.45, 7) is 8.81. The third kappa shape index (κ3) is 14.0. The third-order valence-corrected chi connectivity index (χ3v) is 6.13. The topological polar surface area (TPSA) is 126 Å². The van der Waals surface area contributed by atoms with Gasteiger partial charge >= 0.3 is 0 Å². The van der Waals surface area contributed by atoms with Gasteiger partial charge in [-0.15, -0.1) is 0 Å². The molecule has 2 aromatic carbocycles. The van der Waals surface area contributed by atoms with Gasteiger partial charge in [0.2, 0.25) is 0 Å². The molecule has 244 valence electrons. The average molecular weight is 621 g/mol. The van der Waals surface area contributed by atoms with Crippen LogP contribution in [0.1, 0.15) is 34.6 Å². The number of carbonyl (C=O) groups is 2. The number of fused-ring (bicyclic) bond motifs is 2. The maximum atomic E-state index is 11.8. The molecule has 1 aliphatic heterocycles. The number of carbonyl (C=O) groups excluding carboxylic acids is 2. The van der Waals surface area contributed by atoms with Crippen molar-refractivity contribution in [2.45, 2.75) is 13.8 Å². The molecular formula is C32H44O12. The van der Waals surface area contributed by atoms with Gasteiger partial charge in [0.1, 0.15) is 26.4 Å². The molecule has 12 heteroatoms. The van der Waals surface area contributed by atoms with Gasteiger partial charge in [0.25, 0.3) is 0 Å². The molecule has 0 radical (unpaired) electrons. The van der Waals surface area contributed by atoms with Crippen molar-refractivity contribution in [2.24, 2.45) is 0 Å². The van der Waals surface area contributed by atoms with E-state index >= 15 is 0 Å². The Morgan fingerprint density at radius 1 is 0.386 bits per heavy atom. The standard InChI is InChI=1S/C32H44O12/c1-25(33)27-3-5-29-31(23-27)43-21-17-39-13-9-35-8-12-38-16-20-42-30-6-4-28(26(2)34)24-32(30)44-22-18-40-14-10-36-7-11-37-15-19-41-29/h3-6,23-24H,7-22H2,1-2H3. The first-order valence-corrected chi connectivity index (χ1v) is 14.8. The van der Waals surface area contributed by atoms with Crippen LogP contribution in [0.5, 0.6) is 23.0 Å². The molecule has 44 heavy (non-hydrogen) atoms. The van der Waals surface area contributed by atoms with Crippen LogP contribution in [0, 0.1) is 0 Å². The van der Waals surface area contributed by atoms with E-state index in [1.54, 1.807) is 36.4 Å². The minimum atomic E-state index is -0.0637. The minimum Gasteiger partial charge on any atom is -0.487 e. The van der Waals surface area contributed by atoms with Crippen molar-refractivity contribution in [1.82, 2.24) is 0 Å². The molecule has 0 aromatic heterocycles. The number of hydrogen-bond donors (Lipinski definition) is 0. The number of rotatable bonds is 2. The average Bonchev–Trinajstić information content (AvgIpc) is 3.01. The van der Waals surface area contributed by atoms with Gasteiger partial charge in [-0.1, -0.05) is 0 Å². The van der Waals surface area contributed by atoms with Crippen LogP contribution in [0.25, 0.3) is 0 Å². The van der Waals surface area contributed by atoms with E-state index in [4.69, 9.17) is 47.4 Å². The van der Waals surface area contributed by atoms with Gasteiger partial charge in [-0.2, -0.15) is 0 Å². The molecule has 2 aromatic rings. The monoisotopic (exact) mass is 620 g/mol. The minimum absolute atomic E-state index is 0.0637. The second-order valence-corrected chi connectivity index (χ2v) is 9.50. The zero-order chi connectivity index (χ0) is 31.2. The lowest BCUT2D eigenvalue weighted by molar-refractivity contribution is 0.00248. The summed E-state index contributed by atoms with van der Waals surface area (Å²) >= 11 is 0. The smallest absolute Gasteiger partial charge is 0.162 e. The molecule has 1 heterocycles. The summed E-state index contributed by atoms with van der Waals surface area (Å²) in [6.07, 6.45) is 0. The predicted molar refractivity (Wildman–Crippen MR) is 160 cm³/mol. The highest BCUT2D eigenvalue weighted by Gasteiger charge is 2.11. The van der Waals surface area contributed by atoms with Crippen molar-refractivity contribution in [3.05, 3.63) is 47.5 Å². The van der Waals surface area contributed by atoms with Crippen LogP contribution in [0.15, 0.2) is 36.4 Å². The van der Waals surface area contributed by atoms with Crippen molar-refractivity contribution in [1.29, 1.82) is 0 Å². The first-order valence-electron chi connectivity index (χ1n) is 14.8. The Labute approximate surface area is 258 Å². The highest BCUT2D eigenvalue weighted by Crippen LogP contribution is 2.29. The predicted octanol–water partition coefficient (Wildman–Crippen LogP) is 3.42. The molecule has 0 saturated carbocycles. The van der Waals surface area contributed by atoms with Gasteiger partial charge in [0.15, 0.2) is 34.6 Å². The molecule has 0 spiro atoms. The summed E-state index contributed by atoms with van der Waals surface area (Å²) in [5, 5.41) is 0. The zero-order valence-electron chi connectivity index (χ0n) is 25.7. The molecule has 0 aliphatic carbocycles. The summed E-state index contributed by atoms with van der Waals surface area (Å²) in [6, 6.07) is 10.2. The Kier molecular flexibility index (Phi) is 17.2. The normalized spacial score (nSPS) is 18.0. The van der Waals surface area contributed by atoms with E-state index < -0.39 is 0 Å². The van der Waals surface area contributed by atoms with Crippen LogP contribution in [0.2, 0.25) is 0 Å². The molecule has 0 bridgehead atoms. The SMILES string of the molecule is CC(=O)c1ccc2c(c1)OCCOCCOCCOCCOc1ccc(C(C)=O)cc1OCCOCCOCCOCCO2. The molecule has 0 amide bonds. The fourth-order valence-corrected chi connectivity index (χ4v) is 3.84. The summed E-state index contributed by atoms with van der Waals surface area (Å²) in [5.41, 5.74) is 1.07. The zero-order valence-corrected chi connectivity index (χ0v) is 25.7. The van der Waals surface area contributed by atoms with Crippen molar-refractivity contribution in [2.75, 3.05) is 106 Å². The number of hydrogen-bond acceptors (Lipinski definition) is 12. The fourth-order valence-electron chi connectivity index (χ4n) is 3.84. The van der Waals surface area contributed by atoms with E-state index in [0.29, 0.717) is 127 Å². The molecule has 3 rings (SSSR count). The summed E-state index contributed by atoms with van der Waals surface area (Å²) in [5.74, 6) is 1.85. The second kappa shape index (κ2) is 21.4. The summed E-state index contributed by atoms with van der Waals surface area (Å²) < 4.78 is 56.8. The Balaban J connectivity index is 1.46. The lowest BCUT2D eigenvalue weighted by Crippen LogP contribution is -2.16. The van der Waals surface area contributed by atoms with Crippen LogP contribution < -0.4 is 18.9 Å². The quantitative estimate of drug-likeness (QED) is 0.457. The van der Waals surface area contributed by atoms with E-state index in [1.807, 2.05) is 0 Å². The summed E-state index contributed by atoms with van der Waals surface area (Å²) in [7, 11) is 0. The number of benzene rings is 2. The largest absolute Gasteiger partial charge is 0.487 e. The molecular weight excluding hydrogens is 576 g/mol. The lowest BCUT2D eigenvalue weighted by Gasteiger charge is -2.15. The first kappa shape index (κ1) is 35.2. The molecule has 1 aliphatic rings. The van der Waals surface area contributed by atoms with Gasteiger partial charge in [0, 0.05) is 11.1 Å². The maximum Gasteiger partial charge on any atom is 0.162 e. The molecule has 0 fully saturated rings. The Bertz CT molecular complexity index is 1030. The van der Waals surface area contributed by atoms with Gasteiger partial charge in [-0.3, -0.25) is 9.59 Å². The van der Waals surface area contributed by atoms with Crippen molar-refractivity contribution >= 4 is 11.6 Å². The Morgan fingerprint density at radius 2 is 0.636 bits per heavy atom. The second-order valence-electron chi connectivity index (χ2n) is 9.50. The number of ketones is 2. The molecule has 0 N–H and O–H groups in total. The molecule has 12 nitrogen and oxygen atoms in total. The van der Waals surface area contributed by atoms with Crippen LogP contribution in [-0.4, -0.2) is 117 Å². The fraction of sp³-hybridized carbons (Fsp3) is 0.562. The number of Topliss-reactive ketones (excluding diaryl/α,β-unsaturated/α-hetero) is 2. The molecule has 0 unspecified atom stereocenters. The van der Waals surface area contributed by atoms with Crippen molar-refractivity contribution < 1.29 is 57.0 Å².